The highest BCUT2D eigenvalue weighted by molar-refractivity contribution is 6.31. The Bertz CT molecular complexity index is 659. The lowest BCUT2D eigenvalue weighted by atomic mass is 10.1. The van der Waals surface area contributed by atoms with Gasteiger partial charge in [-0.3, -0.25) is 4.79 Å². The van der Waals surface area contributed by atoms with E-state index in [1.165, 1.54) is 0 Å². The number of rotatable bonds is 7. The Labute approximate surface area is 141 Å². The minimum Gasteiger partial charge on any atom is -0.494 e. The van der Waals surface area contributed by atoms with Crippen molar-refractivity contribution in [3.8, 4) is 5.75 Å². The summed E-state index contributed by atoms with van der Waals surface area (Å²) >= 11 is 6.18. The summed E-state index contributed by atoms with van der Waals surface area (Å²) in [6.45, 7) is 1.24. The Morgan fingerprint density at radius 3 is 2.65 bits per heavy atom. The number of benzene rings is 2. The van der Waals surface area contributed by atoms with Crippen LogP contribution in [0.1, 0.15) is 24.3 Å². The summed E-state index contributed by atoms with van der Waals surface area (Å²) in [6, 6.07) is 17.5. The summed E-state index contributed by atoms with van der Waals surface area (Å²) in [7, 11) is 0. The van der Waals surface area contributed by atoms with Crippen LogP contribution >= 0.6 is 11.6 Å². The molecule has 120 valence electrons. The highest BCUT2D eigenvalue weighted by atomic mass is 35.5. The van der Waals surface area contributed by atoms with E-state index in [4.69, 9.17) is 16.3 Å². The van der Waals surface area contributed by atoms with E-state index in [-0.39, 0.29) is 17.7 Å². The smallest absolute Gasteiger partial charge is 0.223 e. The van der Waals surface area contributed by atoms with Gasteiger partial charge in [-0.25, -0.2) is 0 Å². The van der Waals surface area contributed by atoms with Crippen LogP contribution < -0.4 is 10.1 Å². The molecule has 0 saturated heterocycles. The van der Waals surface area contributed by atoms with Crippen LogP contribution in [0.2, 0.25) is 5.02 Å². The molecule has 1 saturated carbocycles. The van der Waals surface area contributed by atoms with E-state index < -0.39 is 0 Å². The highest BCUT2D eigenvalue weighted by Gasteiger charge is 2.44. The molecular formula is C19H20ClNO2. The SMILES string of the molecule is O=C(NCCCOc1ccccc1)C1CC1c1ccccc1Cl. The van der Waals surface area contributed by atoms with Crippen LogP contribution in [-0.2, 0) is 4.79 Å². The largest absolute Gasteiger partial charge is 0.494 e. The first-order valence-corrected chi connectivity index (χ1v) is 8.33. The molecular weight excluding hydrogens is 310 g/mol. The zero-order chi connectivity index (χ0) is 16.1. The summed E-state index contributed by atoms with van der Waals surface area (Å²) in [5.74, 6) is 1.31. The molecule has 0 bridgehead atoms. The van der Waals surface area contributed by atoms with Crippen molar-refractivity contribution in [3.63, 3.8) is 0 Å². The van der Waals surface area contributed by atoms with Crippen molar-refractivity contribution in [3.05, 3.63) is 65.2 Å². The molecule has 0 radical (unpaired) electrons. The fourth-order valence-electron chi connectivity index (χ4n) is 2.73. The highest BCUT2D eigenvalue weighted by Crippen LogP contribution is 2.49. The quantitative estimate of drug-likeness (QED) is 0.779. The average Bonchev–Trinajstić information content (AvgIpc) is 3.36. The number of hydrogen-bond donors (Lipinski definition) is 1. The van der Waals surface area contributed by atoms with Crippen molar-refractivity contribution in [2.45, 2.75) is 18.8 Å². The number of amides is 1. The van der Waals surface area contributed by atoms with Gasteiger partial charge in [0, 0.05) is 17.5 Å². The molecule has 2 aromatic carbocycles. The molecule has 0 heterocycles. The first kappa shape index (κ1) is 15.9. The van der Waals surface area contributed by atoms with E-state index in [0.717, 1.165) is 29.2 Å². The van der Waals surface area contributed by atoms with Crippen LogP contribution in [0.15, 0.2) is 54.6 Å². The van der Waals surface area contributed by atoms with E-state index in [1.54, 1.807) is 0 Å². The predicted molar refractivity (Wildman–Crippen MR) is 91.9 cm³/mol. The van der Waals surface area contributed by atoms with Crippen LogP contribution in [0.5, 0.6) is 5.75 Å². The Morgan fingerprint density at radius 2 is 1.87 bits per heavy atom. The van der Waals surface area contributed by atoms with Crippen molar-refractivity contribution in [1.82, 2.24) is 5.32 Å². The Hall–Kier alpha value is -2.00. The summed E-state index contributed by atoms with van der Waals surface area (Å²) in [4.78, 5) is 12.1. The van der Waals surface area contributed by atoms with Crippen molar-refractivity contribution >= 4 is 17.5 Å². The van der Waals surface area contributed by atoms with E-state index in [9.17, 15) is 4.79 Å². The lowest BCUT2D eigenvalue weighted by molar-refractivity contribution is -0.122. The van der Waals surface area contributed by atoms with Crippen molar-refractivity contribution in [2.24, 2.45) is 5.92 Å². The minimum absolute atomic E-state index is 0.0601. The number of hydrogen-bond acceptors (Lipinski definition) is 2. The Kier molecular flexibility index (Phi) is 5.19. The number of ether oxygens (including phenoxy) is 1. The normalized spacial score (nSPS) is 19.2. The van der Waals surface area contributed by atoms with E-state index >= 15 is 0 Å². The predicted octanol–water partition coefficient (Wildman–Crippen LogP) is 4.03. The molecule has 4 heteroatoms. The number of carbonyl (C=O) groups excluding carboxylic acids is 1. The van der Waals surface area contributed by atoms with Gasteiger partial charge in [0.1, 0.15) is 5.75 Å². The molecule has 2 unspecified atom stereocenters. The third-order valence-corrected chi connectivity index (χ3v) is 4.41. The van der Waals surface area contributed by atoms with Gasteiger partial charge in [-0.15, -0.1) is 0 Å². The maximum atomic E-state index is 12.1. The summed E-state index contributed by atoms with van der Waals surface area (Å²) in [6.07, 6.45) is 1.68. The lowest BCUT2D eigenvalue weighted by Crippen LogP contribution is -2.27. The fourth-order valence-corrected chi connectivity index (χ4v) is 3.00. The molecule has 1 aliphatic rings. The number of nitrogens with one attached hydrogen (secondary N) is 1. The molecule has 23 heavy (non-hydrogen) atoms. The van der Waals surface area contributed by atoms with Crippen LogP contribution in [0.3, 0.4) is 0 Å². The fraction of sp³-hybridized carbons (Fsp3) is 0.316. The third kappa shape index (κ3) is 4.26. The second-order valence-corrected chi connectivity index (χ2v) is 6.18. The van der Waals surface area contributed by atoms with Gasteiger partial charge in [0.25, 0.3) is 0 Å². The summed E-state index contributed by atoms with van der Waals surface area (Å²) in [5.41, 5.74) is 1.08. The molecule has 3 rings (SSSR count). The number of halogens is 1. The van der Waals surface area contributed by atoms with Crippen LogP contribution in [0, 0.1) is 5.92 Å². The molecule has 0 spiro atoms. The van der Waals surface area contributed by atoms with Crippen molar-refractivity contribution in [2.75, 3.05) is 13.2 Å². The van der Waals surface area contributed by atoms with Crippen LogP contribution in [-0.4, -0.2) is 19.1 Å². The van der Waals surface area contributed by atoms with Crippen molar-refractivity contribution < 1.29 is 9.53 Å². The first-order valence-electron chi connectivity index (χ1n) is 7.95. The Balaban J connectivity index is 1.36. The number of para-hydroxylation sites is 1. The maximum absolute atomic E-state index is 12.1. The van der Waals surface area contributed by atoms with Gasteiger partial charge in [0.15, 0.2) is 0 Å². The van der Waals surface area contributed by atoms with Gasteiger partial charge < -0.3 is 10.1 Å². The zero-order valence-corrected chi connectivity index (χ0v) is 13.6. The maximum Gasteiger partial charge on any atom is 0.223 e. The van der Waals surface area contributed by atoms with Gasteiger partial charge >= 0.3 is 0 Å². The first-order chi connectivity index (χ1) is 11.3. The van der Waals surface area contributed by atoms with Gasteiger partial charge in [-0.05, 0) is 42.5 Å². The van der Waals surface area contributed by atoms with Gasteiger partial charge in [0.05, 0.1) is 6.61 Å². The second kappa shape index (κ2) is 7.51. The van der Waals surface area contributed by atoms with Crippen molar-refractivity contribution in [1.29, 1.82) is 0 Å². The van der Waals surface area contributed by atoms with Crippen LogP contribution in [0.25, 0.3) is 0 Å². The van der Waals surface area contributed by atoms with Gasteiger partial charge in [0.2, 0.25) is 5.91 Å². The summed E-state index contributed by atoms with van der Waals surface area (Å²) in [5, 5.41) is 3.74. The molecule has 1 amide bonds. The Morgan fingerprint density at radius 1 is 1.13 bits per heavy atom. The molecule has 1 aliphatic carbocycles. The van der Waals surface area contributed by atoms with E-state index in [2.05, 4.69) is 5.32 Å². The summed E-state index contributed by atoms with van der Waals surface area (Å²) < 4.78 is 5.60. The van der Waals surface area contributed by atoms with E-state index in [1.807, 2.05) is 54.6 Å². The third-order valence-electron chi connectivity index (χ3n) is 4.06. The molecule has 2 atom stereocenters. The molecule has 1 N–H and O–H groups in total. The average molecular weight is 330 g/mol. The standard InChI is InChI=1S/C19H20ClNO2/c20-18-10-5-4-9-15(18)16-13-17(16)19(22)21-11-6-12-23-14-7-2-1-3-8-14/h1-5,7-10,16-17H,6,11-13H2,(H,21,22). The van der Waals surface area contributed by atoms with Crippen LogP contribution in [0.4, 0.5) is 0 Å². The molecule has 0 aliphatic heterocycles. The zero-order valence-electron chi connectivity index (χ0n) is 12.9. The lowest BCUT2D eigenvalue weighted by Gasteiger charge is -2.07. The molecule has 1 fully saturated rings. The second-order valence-electron chi connectivity index (χ2n) is 5.78. The molecule has 2 aromatic rings. The number of carbonyl (C=O) groups is 1. The van der Waals surface area contributed by atoms with Gasteiger partial charge in [-0.1, -0.05) is 48.0 Å². The monoisotopic (exact) mass is 329 g/mol. The minimum atomic E-state index is 0.0601. The van der Waals surface area contributed by atoms with Gasteiger partial charge in [-0.2, -0.15) is 0 Å². The molecule has 3 nitrogen and oxygen atoms in total. The topological polar surface area (TPSA) is 38.3 Å². The van der Waals surface area contributed by atoms with E-state index in [0.29, 0.717) is 13.2 Å². The molecule has 0 aromatic heterocycles.